The average molecular weight is 274 g/mol. The number of aromatic amines is 1. The molecule has 0 aliphatic rings. The van der Waals surface area contributed by atoms with Crippen LogP contribution in [-0.2, 0) is 6.42 Å². The lowest BCUT2D eigenvalue weighted by atomic mass is 10.1. The van der Waals surface area contributed by atoms with Crippen molar-refractivity contribution in [3.8, 4) is 0 Å². The van der Waals surface area contributed by atoms with Gasteiger partial charge >= 0.3 is 0 Å². The van der Waals surface area contributed by atoms with Crippen LogP contribution in [0.5, 0.6) is 0 Å². The van der Waals surface area contributed by atoms with Crippen molar-refractivity contribution in [3.05, 3.63) is 68.7 Å². The summed E-state index contributed by atoms with van der Waals surface area (Å²) >= 11 is 5.85. The second kappa shape index (κ2) is 4.55. The Morgan fingerprint density at radius 3 is 2.74 bits per heavy atom. The van der Waals surface area contributed by atoms with E-state index in [1.54, 1.807) is 0 Å². The van der Waals surface area contributed by atoms with Gasteiger partial charge in [-0.15, -0.1) is 0 Å². The fourth-order valence-electron chi connectivity index (χ4n) is 2.07. The molecule has 0 saturated carbocycles. The number of hydrogen-bond donors (Lipinski definition) is 1. The molecular weight excluding hydrogens is 262 g/mol. The van der Waals surface area contributed by atoms with Gasteiger partial charge in [-0.3, -0.25) is 9.89 Å². The molecule has 1 aromatic carbocycles. The van der Waals surface area contributed by atoms with Crippen LogP contribution in [0.25, 0.3) is 5.65 Å². The maximum Gasteiger partial charge on any atom is 0.272 e. The molecule has 96 valence electrons. The van der Waals surface area contributed by atoms with Crippen LogP contribution in [0.1, 0.15) is 17.0 Å². The molecule has 0 amide bonds. The molecule has 0 fully saturated rings. The molecule has 19 heavy (non-hydrogen) atoms. The van der Waals surface area contributed by atoms with E-state index < -0.39 is 0 Å². The van der Waals surface area contributed by atoms with Gasteiger partial charge in [0.2, 0.25) is 0 Å². The largest absolute Gasteiger partial charge is 0.293 e. The summed E-state index contributed by atoms with van der Waals surface area (Å²) in [6.07, 6.45) is 0.707. The van der Waals surface area contributed by atoms with Gasteiger partial charge in [-0.2, -0.15) is 0 Å². The SMILES string of the molecule is Cc1cc(=O)n2[nH]c(Cc3ccc(Cl)cc3)cc2n1. The van der Waals surface area contributed by atoms with Crippen LogP contribution in [-0.4, -0.2) is 14.6 Å². The van der Waals surface area contributed by atoms with Crippen molar-refractivity contribution in [1.82, 2.24) is 14.6 Å². The lowest BCUT2D eigenvalue weighted by molar-refractivity contribution is 0.859. The Hall–Kier alpha value is -2.07. The van der Waals surface area contributed by atoms with Crippen molar-refractivity contribution in [2.75, 3.05) is 0 Å². The first-order chi connectivity index (χ1) is 9.11. The van der Waals surface area contributed by atoms with Crippen LogP contribution in [0.15, 0.2) is 41.2 Å². The number of nitrogens with one attached hydrogen (secondary N) is 1. The molecule has 0 spiro atoms. The van der Waals surface area contributed by atoms with Crippen molar-refractivity contribution in [3.63, 3.8) is 0 Å². The van der Waals surface area contributed by atoms with Gasteiger partial charge in [-0.25, -0.2) is 9.50 Å². The third-order valence-electron chi connectivity index (χ3n) is 2.94. The number of halogens is 1. The average Bonchev–Trinajstić information content (AvgIpc) is 2.75. The Labute approximate surface area is 114 Å². The first-order valence-electron chi connectivity index (χ1n) is 5.94. The Morgan fingerprint density at radius 2 is 2.00 bits per heavy atom. The molecular formula is C14H12ClN3O. The van der Waals surface area contributed by atoms with E-state index in [0.29, 0.717) is 17.1 Å². The van der Waals surface area contributed by atoms with Crippen LogP contribution < -0.4 is 5.56 Å². The molecule has 0 aliphatic heterocycles. The highest BCUT2D eigenvalue weighted by Crippen LogP contribution is 2.13. The smallest absolute Gasteiger partial charge is 0.272 e. The number of hydrogen-bond acceptors (Lipinski definition) is 2. The van der Waals surface area contributed by atoms with E-state index in [-0.39, 0.29) is 5.56 Å². The second-order valence-electron chi connectivity index (χ2n) is 4.51. The van der Waals surface area contributed by atoms with Crippen molar-refractivity contribution in [1.29, 1.82) is 0 Å². The van der Waals surface area contributed by atoms with E-state index in [1.807, 2.05) is 37.3 Å². The Morgan fingerprint density at radius 1 is 1.26 bits per heavy atom. The van der Waals surface area contributed by atoms with Crippen LogP contribution in [0.3, 0.4) is 0 Å². The van der Waals surface area contributed by atoms with Gasteiger partial charge < -0.3 is 0 Å². The summed E-state index contributed by atoms with van der Waals surface area (Å²) in [4.78, 5) is 16.1. The standard InChI is InChI=1S/C14H12ClN3O/c1-9-6-14(19)18-13(16-9)8-12(17-18)7-10-2-4-11(15)5-3-10/h2-6,8,17H,7H2,1H3. The van der Waals surface area contributed by atoms with E-state index in [4.69, 9.17) is 11.6 Å². The predicted octanol–water partition coefficient (Wildman–Crippen LogP) is 2.58. The first kappa shape index (κ1) is 12.0. The number of rotatable bonds is 2. The zero-order valence-corrected chi connectivity index (χ0v) is 11.1. The monoisotopic (exact) mass is 273 g/mol. The molecule has 4 nitrogen and oxygen atoms in total. The van der Waals surface area contributed by atoms with Crippen LogP contribution in [0.2, 0.25) is 5.02 Å². The molecule has 3 aromatic rings. The van der Waals surface area contributed by atoms with E-state index in [1.165, 1.54) is 10.6 Å². The fraction of sp³-hybridized carbons (Fsp3) is 0.143. The quantitative estimate of drug-likeness (QED) is 0.780. The van der Waals surface area contributed by atoms with Crippen LogP contribution in [0.4, 0.5) is 0 Å². The summed E-state index contributed by atoms with van der Waals surface area (Å²) in [6.45, 7) is 1.81. The summed E-state index contributed by atoms with van der Waals surface area (Å²) in [6, 6.07) is 11.0. The van der Waals surface area contributed by atoms with Crippen molar-refractivity contribution in [2.45, 2.75) is 13.3 Å². The molecule has 0 unspecified atom stereocenters. The number of benzene rings is 1. The predicted molar refractivity (Wildman–Crippen MR) is 74.8 cm³/mol. The van der Waals surface area contributed by atoms with E-state index in [9.17, 15) is 4.79 Å². The molecule has 2 heterocycles. The summed E-state index contributed by atoms with van der Waals surface area (Å²) in [5.74, 6) is 0. The third-order valence-corrected chi connectivity index (χ3v) is 3.19. The summed E-state index contributed by atoms with van der Waals surface area (Å²) in [5, 5.41) is 3.78. The number of aryl methyl sites for hydroxylation is 1. The third kappa shape index (κ3) is 2.39. The molecule has 0 atom stereocenters. The lowest BCUT2D eigenvalue weighted by Gasteiger charge is -1.98. The Balaban J connectivity index is 2.00. The lowest BCUT2D eigenvalue weighted by Crippen LogP contribution is -2.14. The molecule has 1 N–H and O–H groups in total. The number of nitrogens with zero attached hydrogens (tertiary/aromatic N) is 2. The minimum absolute atomic E-state index is 0.0927. The Kier molecular flexibility index (Phi) is 2.87. The van der Waals surface area contributed by atoms with Gasteiger partial charge in [0.1, 0.15) is 0 Å². The summed E-state index contributed by atoms with van der Waals surface area (Å²) in [7, 11) is 0. The maximum atomic E-state index is 11.8. The molecule has 0 bridgehead atoms. The zero-order chi connectivity index (χ0) is 13.4. The molecule has 0 radical (unpaired) electrons. The minimum atomic E-state index is -0.0927. The number of aromatic nitrogens is 3. The van der Waals surface area contributed by atoms with Crippen LogP contribution >= 0.6 is 11.6 Å². The van der Waals surface area contributed by atoms with Crippen LogP contribution in [0, 0.1) is 6.92 Å². The highest BCUT2D eigenvalue weighted by atomic mass is 35.5. The topological polar surface area (TPSA) is 50.2 Å². The van der Waals surface area contributed by atoms with Gasteiger partial charge in [0.15, 0.2) is 5.65 Å². The van der Waals surface area contributed by atoms with E-state index in [2.05, 4.69) is 10.1 Å². The molecule has 0 aliphatic carbocycles. The minimum Gasteiger partial charge on any atom is -0.293 e. The van der Waals surface area contributed by atoms with Crippen molar-refractivity contribution < 1.29 is 0 Å². The summed E-state index contributed by atoms with van der Waals surface area (Å²) < 4.78 is 1.46. The van der Waals surface area contributed by atoms with Gasteiger partial charge in [0, 0.05) is 35.0 Å². The van der Waals surface area contributed by atoms with Crippen molar-refractivity contribution >= 4 is 17.2 Å². The molecule has 2 aromatic heterocycles. The van der Waals surface area contributed by atoms with Crippen molar-refractivity contribution in [2.24, 2.45) is 0 Å². The highest BCUT2D eigenvalue weighted by Gasteiger charge is 2.05. The van der Waals surface area contributed by atoms with Gasteiger partial charge in [0.25, 0.3) is 5.56 Å². The maximum absolute atomic E-state index is 11.8. The first-order valence-corrected chi connectivity index (χ1v) is 6.32. The highest BCUT2D eigenvalue weighted by molar-refractivity contribution is 6.30. The number of H-pyrrole nitrogens is 1. The zero-order valence-electron chi connectivity index (χ0n) is 10.4. The Bertz CT molecular complexity index is 787. The number of fused-ring (bicyclic) bond motifs is 1. The fourth-order valence-corrected chi connectivity index (χ4v) is 2.20. The molecule has 0 saturated heterocycles. The van der Waals surface area contributed by atoms with Gasteiger partial charge in [-0.1, -0.05) is 23.7 Å². The second-order valence-corrected chi connectivity index (χ2v) is 4.95. The van der Waals surface area contributed by atoms with Gasteiger partial charge in [-0.05, 0) is 24.6 Å². The van der Waals surface area contributed by atoms with E-state index >= 15 is 0 Å². The summed E-state index contributed by atoms with van der Waals surface area (Å²) in [5.41, 5.74) is 3.35. The van der Waals surface area contributed by atoms with E-state index in [0.717, 1.165) is 17.0 Å². The van der Waals surface area contributed by atoms with Gasteiger partial charge in [0.05, 0.1) is 0 Å². The normalized spacial score (nSPS) is 11.1. The molecule has 5 heteroatoms. The molecule has 3 rings (SSSR count).